The maximum absolute atomic E-state index is 6.12. The third-order valence-corrected chi connectivity index (χ3v) is 11.5. The van der Waals surface area contributed by atoms with Crippen molar-refractivity contribution in [1.29, 1.82) is 0 Å². The molecule has 0 spiro atoms. The van der Waals surface area contributed by atoms with E-state index in [1.54, 1.807) is 0 Å². The quantitative estimate of drug-likeness (QED) is 0.0781. The highest BCUT2D eigenvalue weighted by Crippen LogP contribution is 2.37. The van der Waals surface area contributed by atoms with Gasteiger partial charge in [0.2, 0.25) is 11.8 Å². The Morgan fingerprint density at radius 2 is 0.905 bits per heavy atom. The van der Waals surface area contributed by atoms with Crippen LogP contribution in [0.4, 0.5) is 17.2 Å². The predicted octanol–water partition coefficient (Wildman–Crippen LogP) is 11.0. The average Bonchev–Trinajstić information content (AvgIpc) is 3.60. The molecule has 0 unspecified atom stereocenters. The van der Waals surface area contributed by atoms with Crippen molar-refractivity contribution in [2.45, 2.75) is 106 Å². The molecular weight excluding hydrogens is 854 g/mol. The summed E-state index contributed by atoms with van der Waals surface area (Å²) in [5.74, 6) is 1.94. The summed E-state index contributed by atoms with van der Waals surface area (Å²) >= 11 is 3.30. The summed E-state index contributed by atoms with van der Waals surface area (Å²) in [6.45, 7) is 17.4. The lowest BCUT2D eigenvalue weighted by Crippen LogP contribution is -2.41. The van der Waals surface area contributed by atoms with E-state index in [2.05, 4.69) is 58.9 Å². The number of nitrogen functional groups attached to an aromatic ring is 1. The lowest BCUT2D eigenvalue weighted by atomic mass is 9.79. The number of halogens is 1. The molecule has 332 valence electrons. The molecule has 0 saturated carbocycles. The number of anilines is 3. The van der Waals surface area contributed by atoms with Crippen molar-refractivity contribution in [2.75, 3.05) is 11.1 Å². The van der Waals surface area contributed by atoms with Gasteiger partial charge in [-0.2, -0.15) is 4.98 Å². The van der Waals surface area contributed by atoms with Crippen LogP contribution in [0, 0.1) is 0 Å². The van der Waals surface area contributed by atoms with Crippen molar-refractivity contribution < 1.29 is 28.1 Å². The van der Waals surface area contributed by atoms with Crippen molar-refractivity contribution in [3.8, 4) is 11.8 Å². The molecule has 0 atom stereocenters. The van der Waals surface area contributed by atoms with Crippen LogP contribution < -0.4 is 31.4 Å². The Labute approximate surface area is 384 Å². The molecule has 0 radical (unpaired) electrons. The van der Waals surface area contributed by atoms with Crippen LogP contribution in [0.3, 0.4) is 0 Å². The molecule has 2 aliphatic rings. The molecule has 63 heavy (non-hydrogen) atoms. The molecule has 0 bridgehead atoms. The number of nitrogens with two attached hydrogens (primary N) is 1. The molecule has 4 aromatic carbocycles. The van der Waals surface area contributed by atoms with Crippen molar-refractivity contribution in [3.05, 3.63) is 161 Å². The van der Waals surface area contributed by atoms with E-state index < -0.39 is 0 Å². The Morgan fingerprint density at radius 3 is 1.33 bits per heavy atom. The minimum Gasteiger partial charge on any atom is -0.473 e. The van der Waals surface area contributed by atoms with E-state index in [0.717, 1.165) is 43.8 Å². The van der Waals surface area contributed by atoms with Gasteiger partial charge < -0.3 is 39.1 Å². The molecule has 2 saturated heterocycles. The van der Waals surface area contributed by atoms with Crippen molar-refractivity contribution >= 4 is 58.3 Å². The van der Waals surface area contributed by atoms with Gasteiger partial charge in [0, 0.05) is 23.5 Å². The number of hydrogen-bond donors (Lipinski definition) is 2. The maximum Gasteiger partial charge on any atom is 0.494 e. The number of benzene rings is 4. The number of nitrogens with zero attached hydrogens (tertiary/aromatic N) is 2. The first-order valence-corrected chi connectivity index (χ1v) is 21.1. The molecule has 6 aromatic rings. The largest absolute Gasteiger partial charge is 0.494 e. The molecule has 4 heterocycles. The highest BCUT2D eigenvalue weighted by molar-refractivity contribution is 9.10. The number of hydrogen-bond acceptors (Lipinski definition) is 10. The zero-order chi connectivity index (χ0) is 43.7. The molecule has 10 nitrogen and oxygen atoms in total. The summed E-state index contributed by atoms with van der Waals surface area (Å²) < 4.78 is 36.2. The van der Waals surface area contributed by atoms with E-state index in [0.29, 0.717) is 25.0 Å². The van der Waals surface area contributed by atoms with Gasteiger partial charge in [0.1, 0.15) is 23.6 Å². The standard InChI is InChI=1S/C24H27BN2O3.C12H18BNO2.C12H10BrNO.2CH4/c1-23(2)24(3,4)30-25(29-23)19-13-15-20(16-14-19)26-21-11-8-12-22(27-21)28-17-18-9-6-5-7-10-18;1-11(2)12(3,4)16-13(15-11)9-5-7-10(14)8-6-9;13-11-7-4-8-12(14-11)15-9-10-5-2-1-3-6-10;;/h5-16H,17H2,1-4H3,(H,26,27);5-8H,14H2,1-4H3;1-8H,9H2;2*1H4. The second-order valence-corrected chi connectivity index (χ2v) is 17.6. The topological polar surface area (TPSA) is 119 Å². The van der Waals surface area contributed by atoms with E-state index in [9.17, 15) is 0 Å². The van der Waals surface area contributed by atoms with Gasteiger partial charge in [-0.1, -0.05) is 112 Å². The first-order chi connectivity index (χ1) is 29.0. The highest BCUT2D eigenvalue weighted by Gasteiger charge is 2.52. The summed E-state index contributed by atoms with van der Waals surface area (Å²) in [5, 5.41) is 3.32. The number of pyridine rings is 2. The highest BCUT2D eigenvalue weighted by atomic mass is 79.9. The van der Waals surface area contributed by atoms with Crippen LogP contribution >= 0.6 is 15.9 Å². The third-order valence-electron chi connectivity index (χ3n) is 11.0. The average molecular weight is 918 g/mol. The van der Waals surface area contributed by atoms with Crippen LogP contribution in [0.1, 0.15) is 81.4 Å². The molecule has 3 N–H and O–H groups in total. The van der Waals surface area contributed by atoms with Gasteiger partial charge in [-0.05, 0) is 130 Å². The summed E-state index contributed by atoms with van der Waals surface area (Å²) in [6.07, 6.45) is 0. The number of rotatable bonds is 10. The molecule has 0 amide bonds. The number of aromatic nitrogens is 2. The molecule has 8 rings (SSSR count). The van der Waals surface area contributed by atoms with Gasteiger partial charge in [-0.3, -0.25) is 0 Å². The predicted molar refractivity (Wildman–Crippen MR) is 263 cm³/mol. The molecule has 2 fully saturated rings. The van der Waals surface area contributed by atoms with Gasteiger partial charge in [0.25, 0.3) is 0 Å². The van der Waals surface area contributed by atoms with Gasteiger partial charge in [0.05, 0.1) is 22.4 Å². The summed E-state index contributed by atoms with van der Waals surface area (Å²) in [7, 11) is -0.664. The Balaban J connectivity index is 0.000000224. The molecule has 2 aliphatic heterocycles. The van der Waals surface area contributed by atoms with Gasteiger partial charge in [0.15, 0.2) is 0 Å². The Hall–Kier alpha value is -5.17. The van der Waals surface area contributed by atoms with Crippen molar-refractivity contribution in [1.82, 2.24) is 9.97 Å². The van der Waals surface area contributed by atoms with Crippen LogP contribution in [0.5, 0.6) is 11.8 Å². The molecular formula is C50H63B2BrN4O6. The van der Waals surface area contributed by atoms with E-state index in [-0.39, 0.29) is 51.5 Å². The minimum absolute atomic E-state index is 0. The van der Waals surface area contributed by atoms with Crippen molar-refractivity contribution in [2.24, 2.45) is 0 Å². The fraction of sp³-hybridized carbons (Fsp3) is 0.320. The number of nitrogens with one attached hydrogen (secondary N) is 1. The Kier molecular flexibility index (Phi) is 17.6. The van der Waals surface area contributed by atoms with Gasteiger partial charge in [-0.15, -0.1) is 0 Å². The lowest BCUT2D eigenvalue weighted by molar-refractivity contribution is 0.00578. The lowest BCUT2D eigenvalue weighted by Gasteiger charge is -2.32. The van der Waals surface area contributed by atoms with E-state index >= 15 is 0 Å². The monoisotopic (exact) mass is 916 g/mol. The van der Waals surface area contributed by atoms with E-state index in [4.69, 9.17) is 33.8 Å². The second-order valence-electron chi connectivity index (χ2n) is 16.8. The zero-order valence-corrected chi connectivity index (χ0v) is 37.8. The smallest absolute Gasteiger partial charge is 0.473 e. The van der Waals surface area contributed by atoms with Gasteiger partial charge in [-0.25, -0.2) is 4.98 Å². The van der Waals surface area contributed by atoms with Crippen LogP contribution in [-0.4, -0.2) is 46.6 Å². The van der Waals surface area contributed by atoms with Crippen LogP contribution in [0.25, 0.3) is 0 Å². The third kappa shape index (κ3) is 13.9. The zero-order valence-electron chi connectivity index (χ0n) is 36.2. The summed E-state index contributed by atoms with van der Waals surface area (Å²) in [5.41, 5.74) is 10.3. The number of ether oxygens (including phenoxy) is 2. The Bertz CT molecular complexity index is 2270. The first-order valence-electron chi connectivity index (χ1n) is 20.4. The minimum atomic E-state index is -0.364. The summed E-state index contributed by atoms with van der Waals surface area (Å²) in [4.78, 5) is 8.72. The Morgan fingerprint density at radius 1 is 0.508 bits per heavy atom. The summed E-state index contributed by atoms with van der Waals surface area (Å²) in [6, 6.07) is 47.0. The van der Waals surface area contributed by atoms with Crippen LogP contribution in [-0.2, 0) is 31.8 Å². The molecule has 2 aromatic heterocycles. The van der Waals surface area contributed by atoms with Crippen LogP contribution in [0.2, 0.25) is 0 Å². The maximum atomic E-state index is 6.12. The fourth-order valence-corrected chi connectivity index (χ4v) is 6.31. The van der Waals surface area contributed by atoms with Crippen LogP contribution in [0.15, 0.2) is 150 Å². The normalized spacial score (nSPS) is 16.1. The SMILES string of the molecule is Brc1cccc(OCc2ccccc2)n1.C.C.CC1(C)OB(c2ccc(N)cc2)OC1(C)C.CC1(C)OB(c2ccc(Nc3cccc(OCc4ccccc4)n3)cc2)OC1(C)C. The fourth-order valence-electron chi connectivity index (χ4n) is 5.98. The molecule has 0 aliphatic carbocycles. The second kappa shape index (κ2) is 22.0. The van der Waals surface area contributed by atoms with Crippen molar-refractivity contribution in [3.63, 3.8) is 0 Å². The molecule has 13 heteroatoms. The van der Waals surface area contributed by atoms with E-state index in [1.807, 2.05) is 173 Å². The van der Waals surface area contributed by atoms with Gasteiger partial charge >= 0.3 is 14.2 Å². The van der Waals surface area contributed by atoms with E-state index in [1.165, 1.54) is 0 Å². The first kappa shape index (κ1) is 50.5.